The van der Waals surface area contributed by atoms with Gasteiger partial charge < -0.3 is 9.88 Å². The Morgan fingerprint density at radius 3 is 2.85 bits per heavy atom. The smallest absolute Gasteiger partial charge is 0.226 e. The van der Waals surface area contributed by atoms with Crippen LogP contribution in [0.5, 0.6) is 0 Å². The van der Waals surface area contributed by atoms with Crippen LogP contribution in [-0.4, -0.2) is 21.5 Å². The molecular formula is C16H25N3O. The zero-order chi connectivity index (χ0) is 14.0. The van der Waals surface area contributed by atoms with E-state index in [0.717, 1.165) is 38.1 Å². The molecule has 1 aromatic heterocycles. The van der Waals surface area contributed by atoms with E-state index in [1.54, 1.807) is 0 Å². The maximum atomic E-state index is 12.7. The molecule has 4 heteroatoms. The van der Waals surface area contributed by atoms with Gasteiger partial charge in [0.1, 0.15) is 5.82 Å². The molecule has 0 aromatic carbocycles. The molecule has 0 spiro atoms. The van der Waals surface area contributed by atoms with E-state index in [0.29, 0.717) is 0 Å². The van der Waals surface area contributed by atoms with Gasteiger partial charge in [0.05, 0.1) is 0 Å². The Kier molecular flexibility index (Phi) is 3.81. The molecular weight excluding hydrogens is 250 g/mol. The van der Waals surface area contributed by atoms with Gasteiger partial charge in [0.2, 0.25) is 5.91 Å². The maximum Gasteiger partial charge on any atom is 0.226 e. The molecule has 1 aromatic rings. The molecule has 2 aliphatic rings. The molecule has 3 rings (SSSR count). The zero-order valence-corrected chi connectivity index (χ0v) is 12.4. The van der Waals surface area contributed by atoms with Crippen molar-refractivity contribution in [3.05, 3.63) is 18.2 Å². The Morgan fingerprint density at radius 2 is 2.10 bits per heavy atom. The number of carbonyl (C=O) groups is 1. The first kappa shape index (κ1) is 13.7. The van der Waals surface area contributed by atoms with E-state index in [2.05, 4.69) is 21.8 Å². The van der Waals surface area contributed by atoms with Crippen molar-refractivity contribution in [2.75, 3.05) is 0 Å². The molecule has 0 bridgehead atoms. The molecule has 1 unspecified atom stereocenters. The molecule has 110 valence electrons. The van der Waals surface area contributed by atoms with Gasteiger partial charge >= 0.3 is 0 Å². The van der Waals surface area contributed by atoms with Gasteiger partial charge in [-0.15, -0.1) is 0 Å². The van der Waals surface area contributed by atoms with E-state index >= 15 is 0 Å². The van der Waals surface area contributed by atoms with Crippen molar-refractivity contribution in [3.8, 4) is 0 Å². The van der Waals surface area contributed by atoms with Gasteiger partial charge in [-0.25, -0.2) is 4.98 Å². The van der Waals surface area contributed by atoms with Gasteiger partial charge in [-0.2, -0.15) is 0 Å². The molecule has 1 amide bonds. The fourth-order valence-corrected chi connectivity index (χ4v) is 3.57. The van der Waals surface area contributed by atoms with Crippen LogP contribution in [0.3, 0.4) is 0 Å². The Bertz CT molecular complexity index is 472. The second kappa shape index (κ2) is 5.58. The summed E-state index contributed by atoms with van der Waals surface area (Å²) in [4.78, 5) is 17.0. The summed E-state index contributed by atoms with van der Waals surface area (Å²) < 4.78 is 2.19. The molecule has 2 heterocycles. The summed E-state index contributed by atoms with van der Waals surface area (Å²) >= 11 is 0. The molecule has 0 radical (unpaired) electrons. The van der Waals surface area contributed by atoms with Crippen LogP contribution in [0.4, 0.5) is 0 Å². The summed E-state index contributed by atoms with van der Waals surface area (Å²) in [6, 6.07) is 0.262. The summed E-state index contributed by atoms with van der Waals surface area (Å²) in [7, 11) is 0. The number of imidazole rings is 1. The first-order valence-corrected chi connectivity index (χ1v) is 7.98. The zero-order valence-electron chi connectivity index (χ0n) is 12.4. The number of amides is 1. The highest BCUT2D eigenvalue weighted by Crippen LogP contribution is 2.35. The molecule has 0 saturated heterocycles. The number of nitrogens with one attached hydrogen (secondary N) is 1. The van der Waals surface area contributed by atoms with Crippen molar-refractivity contribution in [2.45, 2.75) is 70.9 Å². The number of fused-ring (bicyclic) bond motifs is 1. The standard InChI is InChI=1S/C16H25N3O/c1-16(7-4-2-3-5-8-16)15(20)18-13-6-10-19-11-9-17-14(19)12-13/h9,11,13H,2-8,10,12H2,1H3,(H,18,20). The van der Waals surface area contributed by atoms with E-state index in [1.807, 2.05) is 12.4 Å². The lowest BCUT2D eigenvalue weighted by atomic mass is 9.81. The molecule has 20 heavy (non-hydrogen) atoms. The van der Waals surface area contributed by atoms with Crippen LogP contribution in [0.25, 0.3) is 0 Å². The fraction of sp³-hybridized carbons (Fsp3) is 0.750. The molecule has 4 nitrogen and oxygen atoms in total. The van der Waals surface area contributed by atoms with Crippen molar-refractivity contribution in [1.82, 2.24) is 14.9 Å². The minimum atomic E-state index is -0.149. The maximum absolute atomic E-state index is 12.7. The normalized spacial score (nSPS) is 25.6. The molecule has 1 aliphatic carbocycles. The summed E-state index contributed by atoms with van der Waals surface area (Å²) in [5.41, 5.74) is -0.149. The third-order valence-electron chi connectivity index (χ3n) is 5.04. The number of hydrogen-bond donors (Lipinski definition) is 1. The average Bonchev–Trinajstić information content (AvgIpc) is 2.78. The van der Waals surface area contributed by atoms with Crippen molar-refractivity contribution >= 4 is 5.91 Å². The van der Waals surface area contributed by atoms with Crippen LogP contribution in [0, 0.1) is 5.41 Å². The Balaban J connectivity index is 1.61. The molecule has 1 aliphatic heterocycles. The molecule has 1 atom stereocenters. The van der Waals surface area contributed by atoms with Gasteiger partial charge in [-0.1, -0.05) is 32.6 Å². The lowest BCUT2D eigenvalue weighted by Crippen LogP contribution is -2.46. The van der Waals surface area contributed by atoms with Crippen LogP contribution >= 0.6 is 0 Å². The number of hydrogen-bond acceptors (Lipinski definition) is 2. The SMILES string of the molecule is CC1(C(=O)NC2CCn3ccnc3C2)CCCCCC1. The Labute approximate surface area is 121 Å². The highest BCUT2D eigenvalue weighted by atomic mass is 16.2. The highest BCUT2D eigenvalue weighted by Gasteiger charge is 2.35. The molecule has 1 fully saturated rings. The lowest BCUT2D eigenvalue weighted by molar-refractivity contribution is -0.131. The Hall–Kier alpha value is -1.32. The van der Waals surface area contributed by atoms with Crippen molar-refractivity contribution < 1.29 is 4.79 Å². The third-order valence-corrected chi connectivity index (χ3v) is 5.04. The number of carbonyl (C=O) groups excluding carboxylic acids is 1. The monoisotopic (exact) mass is 275 g/mol. The van der Waals surface area contributed by atoms with Crippen LogP contribution in [0.15, 0.2) is 12.4 Å². The van der Waals surface area contributed by atoms with Crippen molar-refractivity contribution in [2.24, 2.45) is 5.41 Å². The Morgan fingerprint density at radius 1 is 1.35 bits per heavy atom. The van der Waals surface area contributed by atoms with E-state index in [1.165, 1.54) is 25.7 Å². The fourth-order valence-electron chi connectivity index (χ4n) is 3.57. The summed E-state index contributed by atoms with van der Waals surface area (Å²) in [5.74, 6) is 1.37. The summed E-state index contributed by atoms with van der Waals surface area (Å²) in [6.07, 6.45) is 12.8. The predicted octanol–water partition coefficient (Wildman–Crippen LogP) is 2.67. The first-order chi connectivity index (χ1) is 9.67. The number of nitrogens with zero attached hydrogens (tertiary/aromatic N) is 2. The molecule has 1 N–H and O–H groups in total. The van der Waals surface area contributed by atoms with E-state index in [4.69, 9.17) is 0 Å². The summed E-state index contributed by atoms with van der Waals surface area (Å²) in [5, 5.41) is 3.30. The minimum absolute atomic E-state index is 0.149. The third kappa shape index (κ3) is 2.74. The van der Waals surface area contributed by atoms with Crippen molar-refractivity contribution in [3.63, 3.8) is 0 Å². The van der Waals surface area contributed by atoms with Crippen LogP contribution in [-0.2, 0) is 17.8 Å². The van der Waals surface area contributed by atoms with Gasteiger partial charge in [-0.05, 0) is 19.3 Å². The van der Waals surface area contributed by atoms with Crippen LogP contribution < -0.4 is 5.32 Å². The largest absolute Gasteiger partial charge is 0.352 e. The van der Waals surface area contributed by atoms with Gasteiger partial charge in [-0.3, -0.25) is 4.79 Å². The second-order valence-corrected chi connectivity index (χ2v) is 6.67. The van der Waals surface area contributed by atoms with Gasteiger partial charge in [0, 0.05) is 36.8 Å². The first-order valence-electron chi connectivity index (χ1n) is 7.98. The summed E-state index contributed by atoms with van der Waals surface area (Å²) in [6.45, 7) is 3.12. The van der Waals surface area contributed by atoms with Gasteiger partial charge in [0.15, 0.2) is 0 Å². The van der Waals surface area contributed by atoms with Crippen LogP contribution in [0.1, 0.15) is 57.7 Å². The predicted molar refractivity (Wildman–Crippen MR) is 78.3 cm³/mol. The number of aryl methyl sites for hydroxylation is 1. The van der Waals surface area contributed by atoms with Crippen molar-refractivity contribution in [1.29, 1.82) is 0 Å². The van der Waals surface area contributed by atoms with E-state index in [9.17, 15) is 4.79 Å². The minimum Gasteiger partial charge on any atom is -0.352 e. The number of rotatable bonds is 2. The molecule has 1 saturated carbocycles. The van der Waals surface area contributed by atoms with E-state index in [-0.39, 0.29) is 17.4 Å². The van der Waals surface area contributed by atoms with E-state index < -0.39 is 0 Å². The quantitative estimate of drug-likeness (QED) is 0.844. The average molecular weight is 275 g/mol. The topological polar surface area (TPSA) is 46.9 Å². The lowest BCUT2D eigenvalue weighted by Gasteiger charge is -2.31. The number of aromatic nitrogens is 2. The second-order valence-electron chi connectivity index (χ2n) is 6.67. The highest BCUT2D eigenvalue weighted by molar-refractivity contribution is 5.82. The van der Waals surface area contributed by atoms with Crippen LogP contribution in [0.2, 0.25) is 0 Å². The van der Waals surface area contributed by atoms with Gasteiger partial charge in [0.25, 0.3) is 0 Å².